The van der Waals surface area contributed by atoms with Gasteiger partial charge < -0.3 is 11.1 Å². The zero-order valence-electron chi connectivity index (χ0n) is 14.6. The summed E-state index contributed by atoms with van der Waals surface area (Å²) in [6.07, 6.45) is 4.17. The van der Waals surface area contributed by atoms with E-state index in [0.717, 1.165) is 11.1 Å². The molecule has 0 radical (unpaired) electrons. The topological polar surface area (TPSA) is 68.0 Å². The highest BCUT2D eigenvalue weighted by Crippen LogP contribution is 2.22. The normalized spacial score (nSPS) is 12.5. The van der Waals surface area contributed by atoms with Crippen LogP contribution >= 0.6 is 24.8 Å². The summed E-state index contributed by atoms with van der Waals surface area (Å²) in [6, 6.07) is 13.3. The molecule has 0 spiro atoms. The average Bonchev–Trinajstić information content (AvgIpc) is 2.56. The summed E-state index contributed by atoms with van der Waals surface area (Å²) in [5.74, 6) is 0.532. The van der Waals surface area contributed by atoms with Crippen LogP contribution in [0.15, 0.2) is 54.9 Å². The van der Waals surface area contributed by atoms with E-state index in [1.807, 2.05) is 48.7 Å². The molecule has 4 nitrogen and oxygen atoms in total. The fourth-order valence-corrected chi connectivity index (χ4v) is 2.64. The van der Waals surface area contributed by atoms with Crippen LogP contribution in [0.5, 0.6) is 0 Å². The molecular weight excluding hydrogens is 357 g/mol. The summed E-state index contributed by atoms with van der Waals surface area (Å²) in [5.41, 5.74) is 8.24. The Morgan fingerprint density at radius 3 is 2.36 bits per heavy atom. The largest absolute Gasteiger partial charge is 0.354 e. The van der Waals surface area contributed by atoms with E-state index >= 15 is 0 Å². The van der Waals surface area contributed by atoms with E-state index in [9.17, 15) is 4.79 Å². The first-order valence-corrected chi connectivity index (χ1v) is 8.05. The van der Waals surface area contributed by atoms with Crippen LogP contribution in [0.3, 0.4) is 0 Å². The molecule has 2 unspecified atom stereocenters. The number of carbonyl (C=O) groups excluding carboxylic acids is 1. The lowest BCUT2D eigenvalue weighted by Gasteiger charge is -2.22. The Kier molecular flexibility index (Phi) is 11.1. The average molecular weight is 384 g/mol. The number of carbonyl (C=O) groups is 1. The highest BCUT2D eigenvalue weighted by Gasteiger charge is 2.19. The molecule has 2 atom stereocenters. The second-order valence-corrected chi connectivity index (χ2v) is 6.18. The van der Waals surface area contributed by atoms with Gasteiger partial charge in [0.15, 0.2) is 0 Å². The molecule has 0 aliphatic rings. The minimum Gasteiger partial charge on any atom is -0.354 e. The first-order chi connectivity index (χ1) is 11.1. The van der Waals surface area contributed by atoms with Gasteiger partial charge in [-0.15, -0.1) is 24.8 Å². The molecule has 1 heterocycles. The fraction of sp³-hybridized carbons (Fsp3) is 0.368. The molecule has 1 amide bonds. The minimum atomic E-state index is -0.529. The molecule has 1 aromatic carbocycles. The second kappa shape index (κ2) is 11.9. The third-order valence-corrected chi connectivity index (χ3v) is 4.05. The zero-order chi connectivity index (χ0) is 16.7. The monoisotopic (exact) mass is 383 g/mol. The van der Waals surface area contributed by atoms with Gasteiger partial charge in [-0.05, 0) is 29.5 Å². The minimum absolute atomic E-state index is 0. The van der Waals surface area contributed by atoms with Gasteiger partial charge in [0.25, 0.3) is 0 Å². The zero-order valence-corrected chi connectivity index (χ0v) is 16.2. The van der Waals surface area contributed by atoms with Crippen molar-refractivity contribution in [3.05, 3.63) is 66.0 Å². The Morgan fingerprint density at radius 1 is 1.12 bits per heavy atom. The number of nitrogens with two attached hydrogens (primary N) is 1. The van der Waals surface area contributed by atoms with Crippen LogP contribution in [0, 0.1) is 5.92 Å². The van der Waals surface area contributed by atoms with Crippen LogP contribution in [-0.4, -0.2) is 23.5 Å². The van der Waals surface area contributed by atoms with Crippen molar-refractivity contribution >= 4 is 30.7 Å². The molecule has 2 aromatic rings. The van der Waals surface area contributed by atoms with Crippen molar-refractivity contribution in [1.29, 1.82) is 0 Å². The van der Waals surface area contributed by atoms with E-state index in [-0.39, 0.29) is 36.6 Å². The maximum Gasteiger partial charge on any atom is 0.237 e. The molecule has 0 bridgehead atoms. The summed E-state index contributed by atoms with van der Waals surface area (Å²) in [6.45, 7) is 4.87. The third-order valence-electron chi connectivity index (χ3n) is 4.05. The molecular formula is C19H27Cl2N3O. The Bertz CT molecular complexity index is 609. The van der Waals surface area contributed by atoms with E-state index in [0.29, 0.717) is 18.9 Å². The summed E-state index contributed by atoms with van der Waals surface area (Å²) >= 11 is 0. The predicted molar refractivity (Wildman–Crippen MR) is 107 cm³/mol. The lowest BCUT2D eigenvalue weighted by Crippen LogP contribution is -2.43. The lowest BCUT2D eigenvalue weighted by molar-refractivity contribution is -0.122. The van der Waals surface area contributed by atoms with Crippen molar-refractivity contribution in [1.82, 2.24) is 10.3 Å². The van der Waals surface area contributed by atoms with E-state index in [1.54, 1.807) is 6.20 Å². The van der Waals surface area contributed by atoms with Crippen LogP contribution in [0.2, 0.25) is 0 Å². The molecule has 0 aliphatic carbocycles. The van der Waals surface area contributed by atoms with Gasteiger partial charge in [-0.2, -0.15) is 0 Å². The van der Waals surface area contributed by atoms with Crippen LogP contribution < -0.4 is 11.1 Å². The quantitative estimate of drug-likeness (QED) is 0.769. The number of aromatic nitrogens is 1. The van der Waals surface area contributed by atoms with Crippen molar-refractivity contribution in [3.8, 4) is 0 Å². The highest BCUT2D eigenvalue weighted by atomic mass is 35.5. The van der Waals surface area contributed by atoms with Crippen molar-refractivity contribution in [2.75, 3.05) is 6.54 Å². The molecule has 3 N–H and O–H groups in total. The molecule has 0 fully saturated rings. The number of halogens is 2. The smallest absolute Gasteiger partial charge is 0.237 e. The summed E-state index contributed by atoms with van der Waals surface area (Å²) in [4.78, 5) is 16.4. The first kappa shape index (κ1) is 23.4. The van der Waals surface area contributed by atoms with Gasteiger partial charge in [0.2, 0.25) is 5.91 Å². The number of hydrogen-bond donors (Lipinski definition) is 2. The van der Waals surface area contributed by atoms with Gasteiger partial charge in [-0.25, -0.2) is 0 Å². The number of pyridine rings is 1. The van der Waals surface area contributed by atoms with Crippen molar-refractivity contribution in [3.63, 3.8) is 0 Å². The van der Waals surface area contributed by atoms with Crippen LogP contribution in [0.4, 0.5) is 0 Å². The van der Waals surface area contributed by atoms with Gasteiger partial charge in [0.1, 0.15) is 0 Å². The number of nitrogens with zero attached hydrogens (tertiary/aromatic N) is 1. The summed E-state index contributed by atoms with van der Waals surface area (Å²) < 4.78 is 0. The molecule has 25 heavy (non-hydrogen) atoms. The van der Waals surface area contributed by atoms with E-state index in [2.05, 4.69) is 24.1 Å². The Morgan fingerprint density at radius 2 is 1.80 bits per heavy atom. The van der Waals surface area contributed by atoms with E-state index < -0.39 is 6.04 Å². The number of hydrogen-bond acceptors (Lipinski definition) is 3. The van der Waals surface area contributed by atoms with Gasteiger partial charge >= 0.3 is 0 Å². The predicted octanol–water partition coefficient (Wildman–Crippen LogP) is 3.35. The number of amides is 1. The maximum atomic E-state index is 12.3. The van der Waals surface area contributed by atoms with Crippen molar-refractivity contribution < 1.29 is 4.79 Å². The second-order valence-electron chi connectivity index (χ2n) is 6.18. The van der Waals surface area contributed by atoms with Gasteiger partial charge in [-0.3, -0.25) is 9.78 Å². The SMILES string of the molecule is CC(C)C(CNC(=O)C(N)Cc1ccccc1)c1cccnc1.Cl.Cl. The molecule has 138 valence electrons. The van der Waals surface area contributed by atoms with Gasteiger partial charge in [0, 0.05) is 24.9 Å². The molecule has 0 saturated carbocycles. The van der Waals surface area contributed by atoms with Crippen LogP contribution in [-0.2, 0) is 11.2 Å². The van der Waals surface area contributed by atoms with E-state index in [4.69, 9.17) is 5.73 Å². The molecule has 1 aromatic heterocycles. The lowest BCUT2D eigenvalue weighted by atomic mass is 9.89. The van der Waals surface area contributed by atoms with Crippen molar-refractivity contribution in [2.45, 2.75) is 32.2 Å². The number of rotatable bonds is 7. The third kappa shape index (κ3) is 7.43. The van der Waals surface area contributed by atoms with Crippen LogP contribution in [0.1, 0.15) is 30.9 Å². The van der Waals surface area contributed by atoms with Crippen LogP contribution in [0.25, 0.3) is 0 Å². The van der Waals surface area contributed by atoms with Crippen molar-refractivity contribution in [2.24, 2.45) is 11.7 Å². The van der Waals surface area contributed by atoms with Gasteiger partial charge in [0.05, 0.1) is 6.04 Å². The fourth-order valence-electron chi connectivity index (χ4n) is 2.64. The highest BCUT2D eigenvalue weighted by molar-refractivity contribution is 5.85. The number of benzene rings is 1. The number of nitrogens with one attached hydrogen (secondary N) is 1. The summed E-state index contributed by atoms with van der Waals surface area (Å²) in [5, 5.41) is 2.99. The van der Waals surface area contributed by atoms with Gasteiger partial charge in [-0.1, -0.05) is 50.2 Å². The standard InChI is InChI=1S/C19H25N3O.2ClH/c1-14(2)17(16-9-6-10-21-12-16)13-22-19(23)18(20)11-15-7-4-3-5-8-15;;/h3-10,12,14,17-18H,11,13,20H2,1-2H3,(H,22,23);2*1H. The molecule has 2 rings (SSSR count). The Balaban J connectivity index is 0.00000288. The van der Waals surface area contributed by atoms with E-state index in [1.165, 1.54) is 0 Å². The molecule has 0 saturated heterocycles. The maximum absolute atomic E-state index is 12.3. The Labute approximate surface area is 162 Å². The molecule has 0 aliphatic heterocycles. The first-order valence-electron chi connectivity index (χ1n) is 8.05. The summed E-state index contributed by atoms with van der Waals surface area (Å²) in [7, 11) is 0. The molecule has 6 heteroatoms. The Hall–Kier alpha value is -1.62.